The van der Waals surface area contributed by atoms with E-state index < -0.39 is 11.8 Å². The molecule has 0 radical (unpaired) electrons. The molecule has 0 fully saturated rings. The Kier molecular flexibility index (Phi) is 9.55. The number of unbranched alkanes of at least 4 members (excludes halogenated alkanes) is 3. The van der Waals surface area contributed by atoms with E-state index in [2.05, 4.69) is 17.8 Å². The summed E-state index contributed by atoms with van der Waals surface area (Å²) in [6, 6.07) is 13.7. The highest BCUT2D eigenvalue weighted by atomic mass is 16.5. The monoisotopic (exact) mass is 398 g/mol. The highest BCUT2D eigenvalue weighted by Gasteiger charge is 2.10. The minimum Gasteiger partial charge on any atom is -0.494 e. The van der Waals surface area contributed by atoms with Gasteiger partial charge in [-0.3, -0.25) is 20.4 Å². The molecule has 2 rings (SSSR count). The summed E-state index contributed by atoms with van der Waals surface area (Å²) in [4.78, 5) is 24.5. The van der Waals surface area contributed by atoms with Gasteiger partial charge < -0.3 is 9.47 Å². The van der Waals surface area contributed by atoms with Crippen molar-refractivity contribution in [3.63, 3.8) is 0 Å². The Morgan fingerprint density at radius 1 is 0.724 bits per heavy atom. The van der Waals surface area contributed by atoms with E-state index in [1.165, 1.54) is 12.8 Å². The number of carbonyl (C=O) groups excluding carboxylic acids is 2. The van der Waals surface area contributed by atoms with Gasteiger partial charge in [0.05, 0.1) is 13.2 Å². The predicted molar refractivity (Wildman–Crippen MR) is 113 cm³/mol. The van der Waals surface area contributed by atoms with E-state index in [0.29, 0.717) is 30.1 Å². The van der Waals surface area contributed by atoms with Gasteiger partial charge in [0.25, 0.3) is 11.8 Å². The molecule has 0 atom stereocenters. The quantitative estimate of drug-likeness (QED) is 0.431. The Bertz CT molecular complexity index is 775. The van der Waals surface area contributed by atoms with Crippen molar-refractivity contribution in [3.8, 4) is 11.5 Å². The molecular weight excluding hydrogens is 368 g/mol. The van der Waals surface area contributed by atoms with Crippen LogP contribution in [0.1, 0.15) is 66.7 Å². The third-order valence-electron chi connectivity index (χ3n) is 4.24. The molecule has 6 heteroatoms. The average molecular weight is 399 g/mol. The van der Waals surface area contributed by atoms with E-state index >= 15 is 0 Å². The lowest BCUT2D eigenvalue weighted by molar-refractivity contribution is 0.0846. The molecule has 2 aromatic rings. The molecule has 2 N–H and O–H groups in total. The molecule has 2 amide bonds. The van der Waals surface area contributed by atoms with E-state index in [9.17, 15) is 9.59 Å². The van der Waals surface area contributed by atoms with E-state index in [0.717, 1.165) is 25.0 Å². The molecule has 0 bridgehead atoms. The summed E-state index contributed by atoms with van der Waals surface area (Å²) in [6.07, 6.45) is 5.47. The lowest BCUT2D eigenvalue weighted by Gasteiger charge is -2.10. The lowest BCUT2D eigenvalue weighted by Crippen LogP contribution is -2.41. The predicted octanol–water partition coefficient (Wildman–Crippen LogP) is 4.51. The molecule has 29 heavy (non-hydrogen) atoms. The van der Waals surface area contributed by atoms with Crippen LogP contribution in [-0.2, 0) is 0 Å². The van der Waals surface area contributed by atoms with Crippen molar-refractivity contribution >= 4 is 11.8 Å². The van der Waals surface area contributed by atoms with Gasteiger partial charge in [0.15, 0.2) is 0 Å². The first-order chi connectivity index (χ1) is 14.1. The molecule has 0 saturated heterocycles. The number of carbonyl (C=O) groups is 2. The molecule has 0 saturated carbocycles. The van der Waals surface area contributed by atoms with Crippen molar-refractivity contribution in [2.24, 2.45) is 0 Å². The first-order valence-electron chi connectivity index (χ1n) is 10.2. The van der Waals surface area contributed by atoms with E-state index in [1.54, 1.807) is 48.5 Å². The summed E-state index contributed by atoms with van der Waals surface area (Å²) >= 11 is 0. The number of amides is 2. The van der Waals surface area contributed by atoms with E-state index in [-0.39, 0.29) is 0 Å². The minimum atomic E-state index is -0.410. The van der Waals surface area contributed by atoms with Crippen LogP contribution in [0.2, 0.25) is 0 Å². The Labute approximate surface area is 172 Å². The van der Waals surface area contributed by atoms with Gasteiger partial charge in [0.1, 0.15) is 11.5 Å². The van der Waals surface area contributed by atoms with Gasteiger partial charge in [0, 0.05) is 11.1 Å². The number of hydrogen-bond donors (Lipinski definition) is 2. The Balaban J connectivity index is 1.80. The van der Waals surface area contributed by atoms with Crippen molar-refractivity contribution in [1.82, 2.24) is 10.9 Å². The van der Waals surface area contributed by atoms with Gasteiger partial charge in [-0.1, -0.05) is 39.2 Å². The Hall–Kier alpha value is -3.02. The van der Waals surface area contributed by atoms with Gasteiger partial charge in [0.2, 0.25) is 0 Å². The summed E-state index contributed by atoms with van der Waals surface area (Å²) in [6.45, 7) is 5.44. The zero-order valence-electron chi connectivity index (χ0n) is 17.2. The van der Waals surface area contributed by atoms with Crippen molar-refractivity contribution in [2.75, 3.05) is 13.2 Å². The molecular formula is C23H30N2O4. The van der Waals surface area contributed by atoms with Crippen LogP contribution >= 0.6 is 0 Å². The maximum absolute atomic E-state index is 12.3. The molecule has 156 valence electrons. The molecule has 6 nitrogen and oxygen atoms in total. The first-order valence-corrected chi connectivity index (χ1v) is 10.2. The fourth-order valence-electron chi connectivity index (χ4n) is 2.63. The third-order valence-corrected chi connectivity index (χ3v) is 4.24. The number of rotatable bonds is 11. The summed E-state index contributed by atoms with van der Waals surface area (Å²) in [5.41, 5.74) is 5.69. The fraction of sp³-hybridized carbons (Fsp3) is 0.391. The largest absolute Gasteiger partial charge is 0.494 e. The molecule has 0 spiro atoms. The van der Waals surface area contributed by atoms with Gasteiger partial charge in [-0.15, -0.1) is 0 Å². The van der Waals surface area contributed by atoms with E-state index in [4.69, 9.17) is 9.47 Å². The molecule has 0 heterocycles. The van der Waals surface area contributed by atoms with Crippen LogP contribution < -0.4 is 20.3 Å². The topological polar surface area (TPSA) is 76.7 Å². The van der Waals surface area contributed by atoms with Crippen LogP contribution in [0.5, 0.6) is 11.5 Å². The second kappa shape index (κ2) is 12.4. The number of nitrogens with one attached hydrogen (secondary N) is 2. The zero-order chi connectivity index (χ0) is 20.9. The molecule has 0 unspecified atom stereocenters. The molecule has 0 aliphatic rings. The van der Waals surface area contributed by atoms with E-state index in [1.807, 2.05) is 6.92 Å². The average Bonchev–Trinajstić information content (AvgIpc) is 2.76. The highest BCUT2D eigenvalue weighted by molar-refractivity contribution is 5.99. The lowest BCUT2D eigenvalue weighted by atomic mass is 10.2. The second-order valence-electron chi connectivity index (χ2n) is 6.72. The SMILES string of the molecule is CCCCCCOc1ccc(C(=O)NNC(=O)c2cccc(OCCC)c2)cc1. The zero-order valence-corrected chi connectivity index (χ0v) is 17.2. The summed E-state index contributed by atoms with van der Waals surface area (Å²) in [7, 11) is 0. The fourth-order valence-corrected chi connectivity index (χ4v) is 2.63. The number of hydrogen-bond acceptors (Lipinski definition) is 4. The number of benzene rings is 2. The third kappa shape index (κ3) is 7.86. The van der Waals surface area contributed by atoms with Gasteiger partial charge >= 0.3 is 0 Å². The van der Waals surface area contributed by atoms with Gasteiger partial charge in [-0.25, -0.2) is 0 Å². The Morgan fingerprint density at radius 2 is 1.41 bits per heavy atom. The van der Waals surface area contributed by atoms with Crippen LogP contribution in [0.25, 0.3) is 0 Å². The van der Waals surface area contributed by atoms with Crippen LogP contribution in [0.3, 0.4) is 0 Å². The normalized spacial score (nSPS) is 10.3. The van der Waals surface area contributed by atoms with Crippen molar-refractivity contribution < 1.29 is 19.1 Å². The molecule has 0 aliphatic heterocycles. The maximum Gasteiger partial charge on any atom is 0.269 e. The Morgan fingerprint density at radius 3 is 2.10 bits per heavy atom. The number of ether oxygens (including phenoxy) is 2. The van der Waals surface area contributed by atoms with Crippen LogP contribution in [0, 0.1) is 0 Å². The van der Waals surface area contributed by atoms with Crippen LogP contribution in [-0.4, -0.2) is 25.0 Å². The van der Waals surface area contributed by atoms with Gasteiger partial charge in [-0.2, -0.15) is 0 Å². The standard InChI is InChI=1S/C23H30N2O4/c1-3-5-6-7-16-29-20-13-11-18(12-14-20)22(26)24-25-23(27)19-9-8-10-21(17-19)28-15-4-2/h8-14,17H,3-7,15-16H2,1-2H3,(H,24,26)(H,25,27). The molecule has 0 aliphatic carbocycles. The second-order valence-corrected chi connectivity index (χ2v) is 6.72. The maximum atomic E-state index is 12.3. The van der Waals surface area contributed by atoms with Gasteiger partial charge in [-0.05, 0) is 55.3 Å². The molecule has 0 aromatic heterocycles. The van der Waals surface area contributed by atoms with Crippen molar-refractivity contribution in [3.05, 3.63) is 59.7 Å². The number of hydrazine groups is 1. The van der Waals surface area contributed by atoms with Crippen LogP contribution in [0.4, 0.5) is 0 Å². The van der Waals surface area contributed by atoms with Crippen molar-refractivity contribution in [1.29, 1.82) is 0 Å². The summed E-state index contributed by atoms with van der Waals surface area (Å²) in [5, 5.41) is 0. The first kappa shape index (κ1) is 22.3. The molecule has 2 aromatic carbocycles. The summed E-state index contributed by atoms with van der Waals surface area (Å²) < 4.78 is 11.2. The summed E-state index contributed by atoms with van der Waals surface area (Å²) in [5.74, 6) is 0.542. The smallest absolute Gasteiger partial charge is 0.269 e. The van der Waals surface area contributed by atoms with Crippen LogP contribution in [0.15, 0.2) is 48.5 Å². The van der Waals surface area contributed by atoms with Crippen molar-refractivity contribution in [2.45, 2.75) is 46.0 Å². The minimum absolute atomic E-state index is 0.397. The highest BCUT2D eigenvalue weighted by Crippen LogP contribution is 2.14.